The summed E-state index contributed by atoms with van der Waals surface area (Å²) in [6.45, 7) is 1.04. The van der Waals surface area contributed by atoms with Crippen LogP contribution >= 0.6 is 23.2 Å². The smallest absolute Gasteiger partial charge is 0.391 e. The molecule has 5 aliphatic heterocycles. The van der Waals surface area contributed by atoms with E-state index in [4.69, 9.17) is 37.8 Å². The van der Waals surface area contributed by atoms with Gasteiger partial charge in [-0.2, -0.15) is 0 Å². The molecule has 5 saturated heterocycles. The van der Waals surface area contributed by atoms with E-state index in [1.165, 1.54) is 4.90 Å². The normalized spacial score (nSPS) is 25.4. The zero-order valence-corrected chi connectivity index (χ0v) is 24.2. The minimum atomic E-state index is -2.11. The van der Waals surface area contributed by atoms with Gasteiger partial charge in [-0.25, -0.2) is 0 Å². The van der Waals surface area contributed by atoms with Crippen LogP contribution in [0.4, 0.5) is 0 Å². The molecule has 44 heavy (non-hydrogen) atoms. The number of β-amino-alcohol motifs (C(OH)–C–C–N with tert-alkyl or cyclic N) is 1. The summed E-state index contributed by atoms with van der Waals surface area (Å²) in [6, 6.07) is 0. The molecule has 3 atom stereocenters. The van der Waals surface area contributed by atoms with Crippen molar-refractivity contribution in [2.45, 2.75) is 35.3 Å². The number of hydrogen-bond donors (Lipinski definition) is 2. The fourth-order valence-corrected chi connectivity index (χ4v) is 4.11. The van der Waals surface area contributed by atoms with Crippen molar-refractivity contribution in [2.24, 2.45) is 0 Å². The summed E-state index contributed by atoms with van der Waals surface area (Å²) in [5.74, 6) is 0.667. The van der Waals surface area contributed by atoms with Gasteiger partial charge in [0.15, 0.2) is 0 Å². The average Bonchev–Trinajstić information content (AvgIpc) is 3.77. The van der Waals surface area contributed by atoms with Crippen LogP contribution < -0.4 is 5.32 Å². The van der Waals surface area contributed by atoms with Crippen LogP contribution in [0, 0.1) is 60.7 Å². The van der Waals surface area contributed by atoms with Crippen molar-refractivity contribution in [2.75, 3.05) is 77.3 Å². The molecule has 0 spiro atoms. The number of hydrogen-bond acceptors (Lipinski definition) is 18. The molecule has 0 aliphatic carbocycles. The number of rotatable bonds is 12. The van der Waals surface area contributed by atoms with Crippen molar-refractivity contribution >= 4 is 23.2 Å². The number of nitrogens with zero attached hydrogens (tertiary/aromatic N) is 8. The fraction of sp³-hybridized carbons (Fsp3) is 1.00. The number of nitrogens with one attached hydrogen (secondary N) is 1. The van der Waals surface area contributed by atoms with Crippen molar-refractivity contribution in [1.29, 1.82) is 0 Å². The first-order valence-electron chi connectivity index (χ1n) is 12.5. The van der Waals surface area contributed by atoms with Crippen molar-refractivity contribution in [1.82, 2.24) is 15.1 Å². The van der Waals surface area contributed by atoms with E-state index < -0.39 is 52.6 Å². The topological polar surface area (TPSA) is 323 Å². The van der Waals surface area contributed by atoms with E-state index in [9.17, 15) is 60.7 Å². The Labute approximate surface area is 256 Å². The van der Waals surface area contributed by atoms with Crippen molar-refractivity contribution in [3.63, 3.8) is 0 Å². The second kappa shape index (κ2) is 15.2. The van der Waals surface area contributed by atoms with Gasteiger partial charge >= 0.3 is 17.0 Å². The van der Waals surface area contributed by atoms with Gasteiger partial charge in [-0.3, -0.25) is 75.8 Å². The third-order valence-corrected chi connectivity index (χ3v) is 7.55. The highest BCUT2D eigenvalue weighted by atomic mass is 35.5. The molecule has 5 aliphatic rings. The average molecular weight is 682 g/mol. The molecular formula is C18H29Cl2N9O15. The molecule has 26 heteroatoms. The maximum Gasteiger partial charge on any atom is 0.482 e. The quantitative estimate of drug-likeness (QED) is 0.0710. The maximum atomic E-state index is 10.5. The van der Waals surface area contributed by atoms with E-state index >= 15 is 0 Å². The molecule has 250 valence electrons. The minimum Gasteiger partial charge on any atom is -0.391 e. The number of nitro groups is 6. The molecule has 2 N–H and O–H groups in total. The summed E-state index contributed by atoms with van der Waals surface area (Å²) in [5.41, 5.74) is -6.03. The predicted octanol–water partition coefficient (Wildman–Crippen LogP) is -2.43. The van der Waals surface area contributed by atoms with E-state index in [1.807, 2.05) is 0 Å². The van der Waals surface area contributed by atoms with Gasteiger partial charge in [0.2, 0.25) is 0 Å². The van der Waals surface area contributed by atoms with Gasteiger partial charge < -0.3 is 14.6 Å². The summed E-state index contributed by atoms with van der Waals surface area (Å²) in [4.78, 5) is 60.1. The van der Waals surface area contributed by atoms with Gasteiger partial charge in [-0.15, -0.1) is 23.2 Å². The Bertz CT molecular complexity index is 1050. The minimum absolute atomic E-state index is 0.000425. The zero-order valence-electron chi connectivity index (χ0n) is 22.7. The van der Waals surface area contributed by atoms with Crippen LogP contribution in [0.25, 0.3) is 0 Å². The third-order valence-electron chi connectivity index (χ3n) is 6.85. The van der Waals surface area contributed by atoms with Crippen LogP contribution in [0.1, 0.15) is 0 Å². The lowest BCUT2D eigenvalue weighted by atomic mass is 10.0. The summed E-state index contributed by atoms with van der Waals surface area (Å²) in [7, 11) is 0. The number of aliphatic hydroxyl groups excluding tert-OH is 1. The number of halogens is 2. The predicted molar refractivity (Wildman–Crippen MR) is 143 cm³/mol. The van der Waals surface area contributed by atoms with Crippen LogP contribution in [0.2, 0.25) is 0 Å². The van der Waals surface area contributed by atoms with E-state index in [2.05, 4.69) is 5.32 Å². The van der Waals surface area contributed by atoms with Crippen LogP contribution in [-0.2, 0) is 9.47 Å². The standard InChI is InChI=1S/C6H10ClN3O5.C6H9N3O5.C3H5ClO.C3H5N3O4/c7-1-5(11)2-8-3-6(4-8,9(12)13)10(14)15;10-8(11)6(9(12)13)3-7(4-6)1-5-2-14-5;4-1-3-2-5-3;7-5(8)3(6(9)10)1-4-2-3/h5,11H,1-4H2;5H,1-4H2;3H,1-2H2;4H,1-2H2. The first-order valence-corrected chi connectivity index (χ1v) is 13.6. The molecule has 0 aromatic rings. The summed E-state index contributed by atoms with van der Waals surface area (Å²) < 4.78 is 9.65. The molecule has 0 bridgehead atoms. The highest BCUT2D eigenvalue weighted by molar-refractivity contribution is 6.18. The van der Waals surface area contributed by atoms with Crippen molar-refractivity contribution < 1.29 is 44.1 Å². The van der Waals surface area contributed by atoms with Gasteiger partial charge in [0.1, 0.15) is 68.8 Å². The summed E-state index contributed by atoms with van der Waals surface area (Å²) in [6.07, 6.45) is -0.300. The van der Waals surface area contributed by atoms with Gasteiger partial charge in [0.05, 0.1) is 37.4 Å². The lowest BCUT2D eigenvalue weighted by Crippen LogP contribution is -2.70. The second-order valence-electron chi connectivity index (χ2n) is 10.3. The third kappa shape index (κ3) is 8.90. The Morgan fingerprint density at radius 1 is 0.705 bits per heavy atom. The second-order valence-corrected chi connectivity index (χ2v) is 10.9. The van der Waals surface area contributed by atoms with Gasteiger partial charge in [-0.1, -0.05) is 0 Å². The lowest BCUT2D eigenvalue weighted by molar-refractivity contribution is -0.811. The first-order chi connectivity index (χ1) is 20.5. The Hall–Kier alpha value is -3.26. The number of aliphatic hydroxyl groups is 1. The number of likely N-dealkylation sites (tertiary alicyclic amines) is 2. The van der Waals surface area contributed by atoms with Crippen LogP contribution in [0.15, 0.2) is 0 Å². The molecule has 0 aromatic carbocycles. The molecule has 0 amide bonds. The van der Waals surface area contributed by atoms with Crippen molar-refractivity contribution in [3.8, 4) is 0 Å². The highest BCUT2D eigenvalue weighted by Crippen LogP contribution is 2.27. The monoisotopic (exact) mass is 681 g/mol. The van der Waals surface area contributed by atoms with Gasteiger partial charge in [-0.05, 0) is 0 Å². The van der Waals surface area contributed by atoms with E-state index in [1.54, 1.807) is 4.90 Å². The molecule has 0 aromatic heterocycles. The Morgan fingerprint density at radius 3 is 1.27 bits per heavy atom. The SMILES string of the molecule is ClCC1CO1.O=[N+]([O-])C1([N+](=O)[O-])CN(CC(O)CCl)C1.O=[N+]([O-])C1([N+](=O)[O-])CN(CC2CO2)C1.O=[N+]([O-])C1([N+](=O)[O-])CNC1. The summed E-state index contributed by atoms with van der Waals surface area (Å²) in [5, 5.41) is 73.7. The molecule has 24 nitrogen and oxygen atoms in total. The molecule has 0 radical (unpaired) electrons. The van der Waals surface area contributed by atoms with E-state index in [-0.39, 0.29) is 57.8 Å². The number of epoxide rings is 2. The van der Waals surface area contributed by atoms with Crippen LogP contribution in [0.5, 0.6) is 0 Å². The van der Waals surface area contributed by atoms with Crippen molar-refractivity contribution in [3.05, 3.63) is 60.7 Å². The maximum absolute atomic E-state index is 10.5. The Morgan fingerprint density at radius 2 is 1.07 bits per heavy atom. The van der Waals surface area contributed by atoms with E-state index in [0.717, 1.165) is 6.61 Å². The molecule has 5 rings (SSSR count). The van der Waals surface area contributed by atoms with Crippen LogP contribution in [0.3, 0.4) is 0 Å². The van der Waals surface area contributed by atoms with Gasteiger partial charge in [0, 0.05) is 19.0 Å². The zero-order chi connectivity index (χ0) is 33.5. The largest absolute Gasteiger partial charge is 0.482 e. The molecular weight excluding hydrogens is 653 g/mol. The molecule has 3 unspecified atom stereocenters. The van der Waals surface area contributed by atoms with Gasteiger partial charge in [0.25, 0.3) is 0 Å². The highest BCUT2D eigenvalue weighted by Gasteiger charge is 2.67. The van der Waals surface area contributed by atoms with Crippen LogP contribution in [-0.4, -0.2) is 157 Å². The summed E-state index contributed by atoms with van der Waals surface area (Å²) >= 11 is 10.6. The fourth-order valence-electron chi connectivity index (χ4n) is 3.83. The lowest BCUT2D eigenvalue weighted by Gasteiger charge is -2.36. The molecule has 5 fully saturated rings. The Balaban J connectivity index is 0.000000216. The first kappa shape index (κ1) is 36.9. The number of alkyl halides is 2. The van der Waals surface area contributed by atoms with E-state index in [0.29, 0.717) is 25.1 Å². The number of ether oxygens (including phenoxy) is 2. The molecule has 5 heterocycles. The Kier molecular flexibility index (Phi) is 12.7. The molecule has 0 saturated carbocycles.